The molecule has 14 heavy (non-hydrogen) atoms. The van der Waals surface area contributed by atoms with Gasteiger partial charge in [-0.25, -0.2) is 0 Å². The molecule has 0 aromatic carbocycles. The van der Waals surface area contributed by atoms with E-state index in [-0.39, 0.29) is 17.3 Å². The maximum absolute atomic E-state index is 11.5. The van der Waals surface area contributed by atoms with Crippen LogP contribution in [0.15, 0.2) is 0 Å². The number of nitrogens with zero attached hydrogens (tertiary/aromatic N) is 1. The lowest BCUT2D eigenvalue weighted by molar-refractivity contribution is -0.135. The van der Waals surface area contributed by atoms with E-state index in [0.717, 1.165) is 19.3 Å². The average Bonchev–Trinajstić information content (AvgIpc) is 2.28. The fourth-order valence-corrected chi connectivity index (χ4v) is 1.79. The highest BCUT2D eigenvalue weighted by atomic mass is 32.1. The highest BCUT2D eigenvalue weighted by Gasteiger charge is 2.21. The number of aliphatic carboxylic acids is 1. The highest BCUT2D eigenvalue weighted by molar-refractivity contribution is 7.80. The van der Waals surface area contributed by atoms with Gasteiger partial charge in [-0.05, 0) is 12.8 Å². The number of rotatable bonds is 2. The molecule has 1 saturated heterocycles. The van der Waals surface area contributed by atoms with Crippen molar-refractivity contribution in [3.05, 3.63) is 0 Å². The third kappa shape index (κ3) is 3.06. The van der Waals surface area contributed by atoms with Gasteiger partial charge in [-0.1, -0.05) is 18.6 Å². The van der Waals surface area contributed by atoms with Crippen LogP contribution in [0.2, 0.25) is 0 Å². The van der Waals surface area contributed by atoms with E-state index in [1.165, 1.54) is 4.90 Å². The predicted octanol–water partition coefficient (Wildman–Crippen LogP) is 1.19. The third-order valence-electron chi connectivity index (χ3n) is 2.18. The Bertz CT molecular complexity index is 265. The molecule has 78 valence electrons. The van der Waals surface area contributed by atoms with Crippen LogP contribution in [0.4, 0.5) is 0 Å². The molecule has 0 bridgehead atoms. The average molecular weight is 215 g/mol. The van der Waals surface area contributed by atoms with E-state index in [2.05, 4.69) is 0 Å². The van der Waals surface area contributed by atoms with Crippen LogP contribution in [0.25, 0.3) is 0 Å². The van der Waals surface area contributed by atoms with Gasteiger partial charge in [-0.2, -0.15) is 0 Å². The van der Waals surface area contributed by atoms with Gasteiger partial charge in [0, 0.05) is 13.0 Å². The Morgan fingerprint density at radius 1 is 1.43 bits per heavy atom. The zero-order valence-electron chi connectivity index (χ0n) is 7.86. The first kappa shape index (κ1) is 11.1. The number of carboxylic acids is 1. The molecule has 0 spiro atoms. The molecule has 0 saturated carbocycles. The monoisotopic (exact) mass is 215 g/mol. The van der Waals surface area contributed by atoms with E-state index in [1.54, 1.807) is 0 Å². The second-order valence-electron chi connectivity index (χ2n) is 3.32. The van der Waals surface area contributed by atoms with Gasteiger partial charge in [-0.3, -0.25) is 9.59 Å². The number of carbonyl (C=O) groups excluding carboxylic acids is 1. The normalized spacial score (nSPS) is 17.7. The lowest BCUT2D eigenvalue weighted by Crippen LogP contribution is -2.36. The summed E-state index contributed by atoms with van der Waals surface area (Å²) in [7, 11) is 0. The number of hydrogen-bond acceptors (Lipinski definition) is 3. The van der Waals surface area contributed by atoms with Gasteiger partial charge in [0.1, 0.15) is 0 Å². The fraction of sp³-hybridized carbons (Fsp3) is 0.667. The van der Waals surface area contributed by atoms with Crippen LogP contribution < -0.4 is 0 Å². The Kier molecular flexibility index (Phi) is 4.00. The van der Waals surface area contributed by atoms with Gasteiger partial charge in [-0.15, -0.1) is 0 Å². The first-order valence-electron chi connectivity index (χ1n) is 4.66. The molecule has 0 aliphatic carbocycles. The van der Waals surface area contributed by atoms with Crippen molar-refractivity contribution in [1.29, 1.82) is 0 Å². The Morgan fingerprint density at radius 3 is 2.79 bits per heavy atom. The lowest BCUT2D eigenvalue weighted by Gasteiger charge is -2.19. The summed E-state index contributed by atoms with van der Waals surface area (Å²) in [4.78, 5) is 23.6. The molecule has 5 heteroatoms. The SMILES string of the molecule is O=C(O)CC(=S)N1CCCCCC1=O. The molecule has 1 rings (SSSR count). The highest BCUT2D eigenvalue weighted by Crippen LogP contribution is 2.12. The Balaban J connectivity index is 2.59. The Labute approximate surface area is 87.9 Å². The van der Waals surface area contributed by atoms with E-state index in [9.17, 15) is 9.59 Å². The van der Waals surface area contributed by atoms with E-state index in [0.29, 0.717) is 13.0 Å². The van der Waals surface area contributed by atoms with Crippen molar-refractivity contribution in [2.45, 2.75) is 32.1 Å². The quantitative estimate of drug-likeness (QED) is 0.703. The van der Waals surface area contributed by atoms with E-state index < -0.39 is 5.97 Å². The molecule has 1 N–H and O–H groups in total. The van der Waals surface area contributed by atoms with E-state index in [4.69, 9.17) is 17.3 Å². The number of likely N-dealkylation sites (tertiary alicyclic amines) is 1. The predicted molar refractivity (Wildman–Crippen MR) is 55.0 cm³/mol. The van der Waals surface area contributed by atoms with Crippen LogP contribution in [0.1, 0.15) is 32.1 Å². The van der Waals surface area contributed by atoms with Crippen molar-refractivity contribution in [2.75, 3.05) is 6.54 Å². The summed E-state index contributed by atoms with van der Waals surface area (Å²) >= 11 is 4.91. The van der Waals surface area contributed by atoms with Crippen LogP contribution in [-0.4, -0.2) is 33.4 Å². The third-order valence-corrected chi connectivity index (χ3v) is 2.54. The minimum absolute atomic E-state index is 0.0336. The maximum atomic E-state index is 11.5. The van der Waals surface area contributed by atoms with Gasteiger partial charge in [0.2, 0.25) is 5.91 Å². The molecular weight excluding hydrogens is 202 g/mol. The van der Waals surface area contributed by atoms with Crippen molar-refractivity contribution in [1.82, 2.24) is 4.90 Å². The molecule has 1 fully saturated rings. The smallest absolute Gasteiger partial charge is 0.310 e. The summed E-state index contributed by atoms with van der Waals surface area (Å²) in [5, 5.41) is 8.55. The van der Waals surface area contributed by atoms with E-state index in [1.807, 2.05) is 0 Å². The standard InChI is InChI=1S/C9H13NO3S/c11-7-4-2-1-3-5-10(7)8(14)6-9(12)13/h1-6H2,(H,12,13). The molecule has 0 aromatic heterocycles. The zero-order chi connectivity index (χ0) is 10.6. The molecule has 0 radical (unpaired) electrons. The Hall–Kier alpha value is -0.970. The summed E-state index contributed by atoms with van der Waals surface area (Å²) < 4.78 is 0. The number of carbonyl (C=O) groups is 2. The molecule has 1 aliphatic rings. The minimum Gasteiger partial charge on any atom is -0.481 e. The molecule has 1 heterocycles. The van der Waals surface area contributed by atoms with Gasteiger partial charge in [0.25, 0.3) is 0 Å². The van der Waals surface area contributed by atoms with Crippen LogP contribution >= 0.6 is 12.2 Å². The first-order valence-corrected chi connectivity index (χ1v) is 5.07. The zero-order valence-corrected chi connectivity index (χ0v) is 8.68. The molecule has 0 unspecified atom stereocenters. The molecule has 1 aliphatic heterocycles. The molecular formula is C9H13NO3S. The van der Waals surface area contributed by atoms with Crippen LogP contribution in [-0.2, 0) is 9.59 Å². The Morgan fingerprint density at radius 2 is 2.14 bits per heavy atom. The first-order chi connectivity index (χ1) is 6.61. The number of amides is 1. The van der Waals surface area contributed by atoms with Crippen molar-refractivity contribution >= 4 is 29.1 Å². The summed E-state index contributed by atoms with van der Waals surface area (Å²) in [6.45, 7) is 0.574. The summed E-state index contributed by atoms with van der Waals surface area (Å²) in [6, 6.07) is 0. The van der Waals surface area contributed by atoms with Crippen LogP contribution in [0.5, 0.6) is 0 Å². The second-order valence-corrected chi connectivity index (χ2v) is 3.79. The molecule has 1 amide bonds. The molecule has 0 aromatic rings. The topological polar surface area (TPSA) is 57.6 Å². The van der Waals surface area contributed by atoms with Gasteiger partial charge in [0.15, 0.2) is 0 Å². The number of hydrogen-bond donors (Lipinski definition) is 1. The van der Waals surface area contributed by atoms with Crippen molar-refractivity contribution in [3.8, 4) is 0 Å². The maximum Gasteiger partial charge on any atom is 0.310 e. The van der Waals surface area contributed by atoms with Gasteiger partial charge in [0.05, 0.1) is 11.4 Å². The largest absolute Gasteiger partial charge is 0.481 e. The van der Waals surface area contributed by atoms with Gasteiger partial charge < -0.3 is 10.0 Å². The van der Waals surface area contributed by atoms with E-state index >= 15 is 0 Å². The second kappa shape index (κ2) is 5.05. The molecule has 4 nitrogen and oxygen atoms in total. The van der Waals surface area contributed by atoms with Crippen LogP contribution in [0.3, 0.4) is 0 Å². The van der Waals surface area contributed by atoms with Crippen molar-refractivity contribution in [3.63, 3.8) is 0 Å². The summed E-state index contributed by atoms with van der Waals surface area (Å²) in [5.74, 6) is -1.01. The van der Waals surface area contributed by atoms with Crippen molar-refractivity contribution < 1.29 is 14.7 Å². The lowest BCUT2D eigenvalue weighted by atomic mass is 10.2. The van der Waals surface area contributed by atoms with Crippen molar-refractivity contribution in [2.24, 2.45) is 0 Å². The number of thiocarbonyl (C=S) groups is 1. The summed E-state index contributed by atoms with van der Waals surface area (Å²) in [6.07, 6.45) is 3.06. The fourth-order valence-electron chi connectivity index (χ4n) is 1.47. The minimum atomic E-state index is -0.980. The van der Waals surface area contributed by atoms with Crippen LogP contribution in [0, 0.1) is 0 Å². The molecule has 0 atom stereocenters. The number of carboxylic acid groups (broad SMARTS) is 1. The van der Waals surface area contributed by atoms with Gasteiger partial charge >= 0.3 is 5.97 Å². The summed E-state index contributed by atoms with van der Waals surface area (Å²) in [5.41, 5.74) is 0.